The molecule has 0 amide bonds. The zero-order valence-electron chi connectivity index (χ0n) is 11.6. The SMILES string of the molecule is CC(C)S(=O)(=O)CCCNC1CCCC1(C)C. The van der Waals surface area contributed by atoms with E-state index in [4.69, 9.17) is 0 Å². The van der Waals surface area contributed by atoms with E-state index in [2.05, 4.69) is 19.2 Å². The third kappa shape index (κ3) is 4.25. The van der Waals surface area contributed by atoms with Gasteiger partial charge < -0.3 is 5.32 Å². The fraction of sp³-hybridized carbons (Fsp3) is 1.00. The van der Waals surface area contributed by atoms with Crippen LogP contribution in [0.2, 0.25) is 0 Å². The lowest BCUT2D eigenvalue weighted by Crippen LogP contribution is -2.38. The van der Waals surface area contributed by atoms with E-state index in [1.54, 1.807) is 13.8 Å². The summed E-state index contributed by atoms with van der Waals surface area (Å²) in [6.45, 7) is 8.91. The van der Waals surface area contributed by atoms with Crippen molar-refractivity contribution in [3.8, 4) is 0 Å². The van der Waals surface area contributed by atoms with Crippen LogP contribution in [0, 0.1) is 5.41 Å². The van der Waals surface area contributed by atoms with E-state index in [0.717, 1.165) is 13.0 Å². The average molecular weight is 261 g/mol. The molecule has 1 aliphatic carbocycles. The van der Waals surface area contributed by atoms with Crippen molar-refractivity contribution in [1.29, 1.82) is 0 Å². The van der Waals surface area contributed by atoms with Crippen LogP contribution < -0.4 is 5.32 Å². The Kier molecular flexibility index (Phi) is 5.02. The molecule has 102 valence electrons. The van der Waals surface area contributed by atoms with E-state index in [0.29, 0.717) is 17.2 Å². The molecule has 1 saturated carbocycles. The van der Waals surface area contributed by atoms with Gasteiger partial charge in [0.15, 0.2) is 9.84 Å². The number of rotatable bonds is 6. The normalized spacial score (nSPS) is 24.4. The molecule has 0 heterocycles. The smallest absolute Gasteiger partial charge is 0.152 e. The predicted molar refractivity (Wildman–Crippen MR) is 73.0 cm³/mol. The van der Waals surface area contributed by atoms with Gasteiger partial charge in [-0.1, -0.05) is 20.3 Å². The molecular formula is C13H27NO2S. The summed E-state index contributed by atoms with van der Waals surface area (Å²) in [6.07, 6.45) is 4.51. The standard InChI is InChI=1S/C13H27NO2S/c1-11(2)17(15,16)10-6-9-14-12-7-5-8-13(12,3)4/h11-12,14H,5-10H2,1-4H3. The van der Waals surface area contributed by atoms with Crippen LogP contribution >= 0.6 is 0 Å². The van der Waals surface area contributed by atoms with Crippen molar-refractivity contribution < 1.29 is 8.42 Å². The molecular weight excluding hydrogens is 234 g/mol. The second kappa shape index (κ2) is 5.70. The zero-order chi connectivity index (χ0) is 13.1. The molecule has 0 bridgehead atoms. The first kappa shape index (κ1) is 15.0. The Bertz CT molecular complexity index is 333. The van der Waals surface area contributed by atoms with E-state index in [1.165, 1.54) is 19.3 Å². The monoisotopic (exact) mass is 261 g/mol. The second-order valence-corrected chi connectivity index (χ2v) is 8.83. The first-order chi connectivity index (χ1) is 7.76. The maximum atomic E-state index is 11.6. The summed E-state index contributed by atoms with van der Waals surface area (Å²) in [5.41, 5.74) is 0.372. The molecule has 0 radical (unpaired) electrons. The van der Waals surface area contributed by atoms with Crippen molar-refractivity contribution in [3.05, 3.63) is 0 Å². The van der Waals surface area contributed by atoms with Gasteiger partial charge in [0.25, 0.3) is 0 Å². The minimum absolute atomic E-state index is 0.245. The molecule has 4 heteroatoms. The summed E-state index contributed by atoms with van der Waals surface area (Å²) in [4.78, 5) is 0. The zero-order valence-corrected chi connectivity index (χ0v) is 12.4. The topological polar surface area (TPSA) is 46.2 Å². The lowest BCUT2D eigenvalue weighted by atomic mass is 9.87. The van der Waals surface area contributed by atoms with Gasteiger partial charge in [-0.05, 0) is 45.1 Å². The van der Waals surface area contributed by atoms with Gasteiger partial charge in [-0.15, -0.1) is 0 Å². The number of hydrogen-bond donors (Lipinski definition) is 1. The van der Waals surface area contributed by atoms with Crippen molar-refractivity contribution in [2.24, 2.45) is 5.41 Å². The van der Waals surface area contributed by atoms with E-state index < -0.39 is 9.84 Å². The lowest BCUT2D eigenvalue weighted by molar-refractivity contribution is 0.284. The van der Waals surface area contributed by atoms with Crippen molar-refractivity contribution in [2.45, 2.75) is 64.7 Å². The van der Waals surface area contributed by atoms with Crippen molar-refractivity contribution in [2.75, 3.05) is 12.3 Å². The maximum absolute atomic E-state index is 11.6. The van der Waals surface area contributed by atoms with Gasteiger partial charge in [0, 0.05) is 6.04 Å². The van der Waals surface area contributed by atoms with Crippen LogP contribution in [0.1, 0.15) is 53.4 Å². The van der Waals surface area contributed by atoms with E-state index in [9.17, 15) is 8.42 Å². The van der Waals surface area contributed by atoms with Crippen LogP contribution in [0.25, 0.3) is 0 Å². The van der Waals surface area contributed by atoms with Gasteiger partial charge in [-0.3, -0.25) is 0 Å². The highest BCUT2D eigenvalue weighted by atomic mass is 32.2. The van der Waals surface area contributed by atoms with Crippen LogP contribution in [0.4, 0.5) is 0 Å². The Balaban J connectivity index is 2.26. The molecule has 1 aliphatic rings. The predicted octanol–water partition coefficient (Wildman–Crippen LogP) is 2.37. The molecule has 1 rings (SSSR count). The minimum Gasteiger partial charge on any atom is -0.313 e. The fourth-order valence-corrected chi connectivity index (χ4v) is 3.51. The Morgan fingerprint density at radius 2 is 2.00 bits per heavy atom. The van der Waals surface area contributed by atoms with Gasteiger partial charge in [-0.25, -0.2) is 8.42 Å². The Hall–Kier alpha value is -0.0900. The molecule has 1 fully saturated rings. The molecule has 0 aromatic carbocycles. The fourth-order valence-electron chi connectivity index (χ4n) is 2.49. The van der Waals surface area contributed by atoms with Crippen LogP contribution in [0.15, 0.2) is 0 Å². The highest BCUT2D eigenvalue weighted by Crippen LogP contribution is 2.36. The van der Waals surface area contributed by atoms with Crippen LogP contribution in [0.3, 0.4) is 0 Å². The van der Waals surface area contributed by atoms with Gasteiger partial charge in [0.2, 0.25) is 0 Å². The van der Waals surface area contributed by atoms with Gasteiger partial charge in [0.1, 0.15) is 0 Å². The summed E-state index contributed by atoms with van der Waals surface area (Å²) < 4.78 is 23.3. The summed E-state index contributed by atoms with van der Waals surface area (Å²) in [7, 11) is -2.86. The van der Waals surface area contributed by atoms with Crippen LogP contribution in [-0.2, 0) is 9.84 Å². The quantitative estimate of drug-likeness (QED) is 0.747. The molecule has 0 aromatic heterocycles. The van der Waals surface area contributed by atoms with Crippen molar-refractivity contribution in [1.82, 2.24) is 5.32 Å². The lowest BCUT2D eigenvalue weighted by Gasteiger charge is -2.28. The van der Waals surface area contributed by atoms with Crippen LogP contribution in [-0.4, -0.2) is 32.0 Å². The molecule has 0 spiro atoms. The Labute approximate surface area is 106 Å². The molecule has 1 unspecified atom stereocenters. The maximum Gasteiger partial charge on any atom is 0.152 e. The summed E-state index contributed by atoms with van der Waals surface area (Å²) in [6, 6.07) is 0.559. The highest BCUT2D eigenvalue weighted by molar-refractivity contribution is 7.91. The minimum atomic E-state index is -2.86. The summed E-state index contributed by atoms with van der Waals surface area (Å²) in [5.74, 6) is 0.310. The molecule has 17 heavy (non-hydrogen) atoms. The van der Waals surface area contributed by atoms with E-state index in [-0.39, 0.29) is 5.25 Å². The summed E-state index contributed by atoms with van der Waals surface area (Å²) >= 11 is 0. The number of hydrogen-bond acceptors (Lipinski definition) is 3. The van der Waals surface area contributed by atoms with E-state index in [1.807, 2.05) is 0 Å². The first-order valence-corrected chi connectivity index (χ1v) is 8.42. The van der Waals surface area contributed by atoms with E-state index >= 15 is 0 Å². The van der Waals surface area contributed by atoms with Crippen molar-refractivity contribution >= 4 is 9.84 Å². The van der Waals surface area contributed by atoms with Crippen LogP contribution in [0.5, 0.6) is 0 Å². The molecule has 1 N–H and O–H groups in total. The molecule has 0 aliphatic heterocycles. The molecule has 1 atom stereocenters. The second-order valence-electron chi connectivity index (χ2n) is 6.16. The first-order valence-electron chi connectivity index (χ1n) is 6.71. The average Bonchev–Trinajstić information content (AvgIpc) is 2.52. The Morgan fingerprint density at radius 1 is 1.35 bits per heavy atom. The molecule has 0 saturated heterocycles. The molecule has 3 nitrogen and oxygen atoms in total. The summed E-state index contributed by atoms with van der Waals surface area (Å²) in [5, 5.41) is 3.27. The number of nitrogens with one attached hydrogen (secondary N) is 1. The third-order valence-electron chi connectivity index (χ3n) is 3.97. The largest absolute Gasteiger partial charge is 0.313 e. The highest BCUT2D eigenvalue weighted by Gasteiger charge is 2.33. The van der Waals surface area contributed by atoms with Crippen molar-refractivity contribution in [3.63, 3.8) is 0 Å². The van der Waals surface area contributed by atoms with Gasteiger partial charge in [0.05, 0.1) is 11.0 Å². The number of sulfone groups is 1. The third-order valence-corrected chi connectivity index (χ3v) is 6.27. The molecule has 0 aromatic rings. The van der Waals surface area contributed by atoms with Gasteiger partial charge >= 0.3 is 0 Å². The Morgan fingerprint density at radius 3 is 2.47 bits per heavy atom. The van der Waals surface area contributed by atoms with Gasteiger partial charge in [-0.2, -0.15) is 0 Å².